The summed E-state index contributed by atoms with van der Waals surface area (Å²) in [5.74, 6) is 0.667. The van der Waals surface area contributed by atoms with Crippen molar-refractivity contribution in [3.8, 4) is 22.6 Å². The van der Waals surface area contributed by atoms with Crippen molar-refractivity contribution in [2.75, 3.05) is 0 Å². The molecule has 134 valence electrons. The number of carbonyl (C=O) groups is 1. The summed E-state index contributed by atoms with van der Waals surface area (Å²) < 4.78 is 5.36. The molecule has 0 aliphatic heterocycles. The van der Waals surface area contributed by atoms with Crippen molar-refractivity contribution >= 4 is 5.91 Å². The van der Waals surface area contributed by atoms with Crippen molar-refractivity contribution in [3.05, 3.63) is 54.1 Å². The first-order valence-corrected chi connectivity index (χ1v) is 8.46. The fourth-order valence-electron chi connectivity index (χ4n) is 2.46. The molecular formula is C20H22N4O2. The highest BCUT2D eigenvalue weighted by Gasteiger charge is 2.20. The van der Waals surface area contributed by atoms with Crippen LogP contribution in [-0.2, 0) is 11.3 Å². The van der Waals surface area contributed by atoms with Crippen molar-refractivity contribution < 1.29 is 9.32 Å². The van der Waals surface area contributed by atoms with E-state index in [2.05, 4.69) is 20.4 Å². The van der Waals surface area contributed by atoms with Gasteiger partial charge in [0, 0.05) is 29.8 Å². The zero-order chi connectivity index (χ0) is 18.7. The highest BCUT2D eigenvalue weighted by atomic mass is 16.5. The molecule has 0 unspecified atom stereocenters. The third-order valence-corrected chi connectivity index (χ3v) is 3.97. The predicted octanol–water partition coefficient (Wildman–Crippen LogP) is 3.77. The van der Waals surface area contributed by atoms with Crippen LogP contribution < -0.4 is 5.32 Å². The lowest BCUT2D eigenvalue weighted by Crippen LogP contribution is -2.34. The van der Waals surface area contributed by atoms with Gasteiger partial charge >= 0.3 is 0 Å². The predicted molar refractivity (Wildman–Crippen MR) is 99.0 cm³/mol. The number of hydrogen-bond acceptors (Lipinski definition) is 5. The maximum Gasteiger partial charge on any atom is 0.225 e. The van der Waals surface area contributed by atoms with Gasteiger partial charge in [-0.25, -0.2) is 9.97 Å². The standard InChI is InChI=1S/C20H22N4O2/c1-13-9-17(26-24-13)16-11-21-12-23-18(16)15-7-5-14(6-8-15)10-22-19(25)20(2,3)4/h5-9,11-12H,10H2,1-4H3,(H,22,25). The van der Waals surface area contributed by atoms with Gasteiger partial charge in [-0.3, -0.25) is 4.79 Å². The van der Waals surface area contributed by atoms with Crippen LogP contribution in [0.2, 0.25) is 0 Å². The molecule has 0 saturated heterocycles. The summed E-state index contributed by atoms with van der Waals surface area (Å²) in [7, 11) is 0. The molecule has 0 bridgehead atoms. The zero-order valence-electron chi connectivity index (χ0n) is 15.4. The van der Waals surface area contributed by atoms with Gasteiger partial charge in [-0.2, -0.15) is 0 Å². The van der Waals surface area contributed by atoms with Gasteiger partial charge < -0.3 is 9.84 Å². The van der Waals surface area contributed by atoms with Gasteiger partial charge in [-0.05, 0) is 12.5 Å². The number of amides is 1. The Morgan fingerprint density at radius 3 is 2.54 bits per heavy atom. The molecule has 0 atom stereocenters. The highest BCUT2D eigenvalue weighted by Crippen LogP contribution is 2.30. The first-order chi connectivity index (χ1) is 12.3. The number of aryl methyl sites for hydroxylation is 1. The molecule has 0 fully saturated rings. The Hall–Kier alpha value is -3.02. The maximum atomic E-state index is 12.0. The number of nitrogens with zero attached hydrogens (tertiary/aromatic N) is 3. The Bertz CT molecular complexity index is 908. The fourth-order valence-corrected chi connectivity index (χ4v) is 2.46. The normalized spacial score (nSPS) is 11.4. The van der Waals surface area contributed by atoms with E-state index in [1.807, 2.05) is 58.0 Å². The zero-order valence-corrected chi connectivity index (χ0v) is 15.4. The van der Waals surface area contributed by atoms with E-state index >= 15 is 0 Å². The maximum absolute atomic E-state index is 12.0. The van der Waals surface area contributed by atoms with E-state index in [0.717, 1.165) is 28.1 Å². The average Bonchev–Trinajstić information content (AvgIpc) is 3.05. The van der Waals surface area contributed by atoms with Crippen LogP contribution in [0.15, 0.2) is 47.4 Å². The van der Waals surface area contributed by atoms with Crippen molar-refractivity contribution in [2.45, 2.75) is 34.2 Å². The van der Waals surface area contributed by atoms with Crippen LogP contribution in [0, 0.1) is 12.3 Å². The molecule has 0 spiro atoms. The number of carbonyl (C=O) groups excluding carboxylic acids is 1. The summed E-state index contributed by atoms with van der Waals surface area (Å²) >= 11 is 0. The molecule has 26 heavy (non-hydrogen) atoms. The first kappa shape index (κ1) is 17.8. The molecule has 3 aromatic rings. The van der Waals surface area contributed by atoms with Gasteiger partial charge in [0.25, 0.3) is 0 Å². The lowest BCUT2D eigenvalue weighted by molar-refractivity contribution is -0.128. The summed E-state index contributed by atoms with van der Waals surface area (Å²) in [6.07, 6.45) is 3.24. The van der Waals surface area contributed by atoms with Crippen LogP contribution in [0.4, 0.5) is 0 Å². The van der Waals surface area contributed by atoms with Crippen LogP contribution in [0.5, 0.6) is 0 Å². The Morgan fingerprint density at radius 1 is 1.19 bits per heavy atom. The first-order valence-electron chi connectivity index (χ1n) is 8.46. The van der Waals surface area contributed by atoms with Gasteiger partial charge in [0.15, 0.2) is 5.76 Å². The van der Waals surface area contributed by atoms with Crippen LogP contribution in [0.1, 0.15) is 32.0 Å². The van der Waals surface area contributed by atoms with E-state index in [1.54, 1.807) is 6.20 Å². The molecule has 2 heterocycles. The van der Waals surface area contributed by atoms with E-state index in [9.17, 15) is 4.79 Å². The van der Waals surface area contributed by atoms with Crippen LogP contribution in [0.25, 0.3) is 22.6 Å². The summed E-state index contributed by atoms with van der Waals surface area (Å²) in [5, 5.41) is 6.88. The second kappa shape index (κ2) is 7.07. The highest BCUT2D eigenvalue weighted by molar-refractivity contribution is 5.81. The summed E-state index contributed by atoms with van der Waals surface area (Å²) in [4.78, 5) is 20.5. The van der Waals surface area contributed by atoms with E-state index in [0.29, 0.717) is 12.3 Å². The number of hydrogen-bond donors (Lipinski definition) is 1. The Morgan fingerprint density at radius 2 is 1.92 bits per heavy atom. The lowest BCUT2D eigenvalue weighted by Gasteiger charge is -2.17. The molecule has 3 rings (SSSR count). The Kier molecular flexibility index (Phi) is 4.84. The van der Waals surface area contributed by atoms with Gasteiger partial charge in [0.1, 0.15) is 6.33 Å². The summed E-state index contributed by atoms with van der Waals surface area (Å²) in [6, 6.07) is 9.78. The number of benzene rings is 1. The van der Waals surface area contributed by atoms with Gasteiger partial charge in [0.05, 0.1) is 17.0 Å². The molecule has 0 radical (unpaired) electrons. The molecule has 6 nitrogen and oxygen atoms in total. The van der Waals surface area contributed by atoms with Crippen LogP contribution >= 0.6 is 0 Å². The third kappa shape index (κ3) is 3.96. The fraction of sp³-hybridized carbons (Fsp3) is 0.300. The van der Waals surface area contributed by atoms with E-state index in [-0.39, 0.29) is 5.91 Å². The second-order valence-corrected chi connectivity index (χ2v) is 7.25. The molecule has 2 aromatic heterocycles. The van der Waals surface area contributed by atoms with E-state index in [4.69, 9.17) is 4.52 Å². The average molecular weight is 350 g/mol. The minimum absolute atomic E-state index is 0.0281. The minimum Gasteiger partial charge on any atom is -0.356 e. The second-order valence-electron chi connectivity index (χ2n) is 7.25. The monoisotopic (exact) mass is 350 g/mol. The quantitative estimate of drug-likeness (QED) is 0.774. The molecule has 0 saturated carbocycles. The third-order valence-electron chi connectivity index (χ3n) is 3.97. The van der Waals surface area contributed by atoms with Gasteiger partial charge in [-0.1, -0.05) is 50.2 Å². The summed E-state index contributed by atoms with van der Waals surface area (Å²) in [6.45, 7) is 8.05. The van der Waals surface area contributed by atoms with Crippen molar-refractivity contribution in [1.82, 2.24) is 20.4 Å². The molecule has 6 heteroatoms. The smallest absolute Gasteiger partial charge is 0.225 e. The number of rotatable bonds is 4. The van der Waals surface area contributed by atoms with E-state index < -0.39 is 5.41 Å². The molecular weight excluding hydrogens is 328 g/mol. The van der Waals surface area contributed by atoms with Crippen molar-refractivity contribution in [3.63, 3.8) is 0 Å². The lowest BCUT2D eigenvalue weighted by atomic mass is 9.95. The molecule has 1 aromatic carbocycles. The SMILES string of the molecule is Cc1cc(-c2cncnc2-c2ccc(CNC(=O)C(C)(C)C)cc2)on1. The van der Waals surface area contributed by atoms with Gasteiger partial charge in [0.2, 0.25) is 5.91 Å². The molecule has 0 aliphatic rings. The largest absolute Gasteiger partial charge is 0.356 e. The van der Waals surface area contributed by atoms with Gasteiger partial charge in [-0.15, -0.1) is 0 Å². The Labute approximate surface area is 152 Å². The molecule has 1 amide bonds. The summed E-state index contributed by atoms with van der Waals surface area (Å²) in [5.41, 5.74) is 3.95. The van der Waals surface area contributed by atoms with Crippen molar-refractivity contribution in [1.29, 1.82) is 0 Å². The topological polar surface area (TPSA) is 80.9 Å². The number of nitrogens with one attached hydrogen (secondary N) is 1. The Balaban J connectivity index is 1.81. The van der Waals surface area contributed by atoms with E-state index in [1.165, 1.54) is 6.33 Å². The van der Waals surface area contributed by atoms with Crippen molar-refractivity contribution in [2.24, 2.45) is 5.41 Å². The number of aromatic nitrogens is 3. The molecule has 0 aliphatic carbocycles. The minimum atomic E-state index is -0.398. The van der Waals surface area contributed by atoms with Crippen LogP contribution in [-0.4, -0.2) is 21.0 Å². The molecule has 1 N–H and O–H groups in total. The van der Waals surface area contributed by atoms with Crippen LogP contribution in [0.3, 0.4) is 0 Å².